The molecule has 18 heavy (non-hydrogen) atoms. The van der Waals surface area contributed by atoms with Gasteiger partial charge < -0.3 is 10.6 Å². The van der Waals surface area contributed by atoms with Gasteiger partial charge in [0.25, 0.3) is 0 Å². The zero-order chi connectivity index (χ0) is 13.4. The van der Waals surface area contributed by atoms with Gasteiger partial charge in [-0.1, -0.05) is 23.2 Å². The highest BCUT2D eigenvalue weighted by atomic mass is 35.5. The fourth-order valence-corrected chi connectivity index (χ4v) is 2.43. The number of rotatable bonds is 2. The maximum absolute atomic E-state index is 11.9. The van der Waals surface area contributed by atoms with Gasteiger partial charge in [-0.15, -0.1) is 0 Å². The summed E-state index contributed by atoms with van der Waals surface area (Å²) in [6.07, 6.45) is 0.148. The van der Waals surface area contributed by atoms with E-state index in [2.05, 4.69) is 0 Å². The van der Waals surface area contributed by atoms with Crippen LogP contribution >= 0.6 is 23.2 Å². The average Bonchev–Trinajstić information content (AvgIpc) is 2.66. The van der Waals surface area contributed by atoms with E-state index >= 15 is 0 Å². The number of benzene rings is 1. The van der Waals surface area contributed by atoms with Gasteiger partial charge >= 0.3 is 0 Å². The fourth-order valence-electron chi connectivity index (χ4n) is 2.06. The summed E-state index contributed by atoms with van der Waals surface area (Å²) in [5.74, 6) is -1.02. The molecule has 1 heterocycles. The Kier molecular flexibility index (Phi) is 3.50. The van der Waals surface area contributed by atoms with E-state index < -0.39 is 11.8 Å². The van der Waals surface area contributed by atoms with E-state index in [9.17, 15) is 9.59 Å². The normalized spacial score (nSPS) is 19.4. The van der Waals surface area contributed by atoms with Crippen molar-refractivity contribution < 1.29 is 9.59 Å². The second-order valence-corrected chi connectivity index (χ2v) is 5.17. The van der Waals surface area contributed by atoms with Gasteiger partial charge in [0.2, 0.25) is 11.8 Å². The third-order valence-corrected chi connectivity index (χ3v) is 3.78. The van der Waals surface area contributed by atoms with Crippen LogP contribution in [0.4, 0.5) is 5.69 Å². The molecule has 1 saturated heterocycles. The van der Waals surface area contributed by atoms with Gasteiger partial charge in [-0.05, 0) is 24.6 Å². The van der Waals surface area contributed by atoms with Crippen molar-refractivity contribution in [3.63, 3.8) is 0 Å². The van der Waals surface area contributed by atoms with Gasteiger partial charge in [-0.3, -0.25) is 9.59 Å². The minimum atomic E-state index is -0.455. The molecule has 1 fully saturated rings. The Labute approximate surface area is 115 Å². The molecule has 1 unspecified atom stereocenters. The Bertz CT molecular complexity index is 531. The number of carbonyl (C=O) groups is 2. The van der Waals surface area contributed by atoms with Crippen LogP contribution in [0.5, 0.6) is 0 Å². The van der Waals surface area contributed by atoms with Crippen LogP contribution < -0.4 is 10.6 Å². The van der Waals surface area contributed by atoms with Crippen molar-refractivity contribution in [1.82, 2.24) is 0 Å². The van der Waals surface area contributed by atoms with Gasteiger partial charge in [-0.2, -0.15) is 0 Å². The first-order chi connectivity index (χ1) is 8.40. The standard InChI is InChI=1S/C12H12Cl2N2O2/c1-6-2-8(13)9(14)4-10(6)16-5-7(12(15)18)3-11(16)17/h2,4,7H,3,5H2,1H3,(H2,15,18). The van der Waals surface area contributed by atoms with Crippen LogP contribution in [0.2, 0.25) is 10.0 Å². The predicted octanol–water partition coefficient (Wildman–Crippen LogP) is 2.14. The lowest BCUT2D eigenvalue weighted by Gasteiger charge is -2.19. The summed E-state index contributed by atoms with van der Waals surface area (Å²) >= 11 is 11.8. The lowest BCUT2D eigenvalue weighted by atomic mass is 10.1. The highest BCUT2D eigenvalue weighted by Crippen LogP contribution is 2.33. The Hall–Kier alpha value is -1.26. The van der Waals surface area contributed by atoms with E-state index in [1.807, 2.05) is 6.92 Å². The molecule has 0 aromatic heterocycles. The molecule has 6 heteroatoms. The third-order valence-electron chi connectivity index (χ3n) is 3.06. The number of nitrogens with zero attached hydrogens (tertiary/aromatic N) is 1. The number of hydrogen-bond donors (Lipinski definition) is 1. The molecule has 2 N–H and O–H groups in total. The van der Waals surface area contributed by atoms with Gasteiger partial charge in [0, 0.05) is 18.7 Å². The highest BCUT2D eigenvalue weighted by Gasteiger charge is 2.34. The van der Waals surface area contributed by atoms with E-state index in [0.29, 0.717) is 22.3 Å². The summed E-state index contributed by atoms with van der Waals surface area (Å²) < 4.78 is 0. The Morgan fingerprint density at radius 3 is 2.56 bits per heavy atom. The maximum Gasteiger partial charge on any atom is 0.227 e. The second-order valence-electron chi connectivity index (χ2n) is 4.36. The van der Waals surface area contributed by atoms with Crippen LogP contribution in [0, 0.1) is 12.8 Å². The number of carbonyl (C=O) groups excluding carboxylic acids is 2. The molecule has 0 bridgehead atoms. The molecule has 0 radical (unpaired) electrons. The number of primary amides is 1. The monoisotopic (exact) mass is 286 g/mol. The quantitative estimate of drug-likeness (QED) is 0.905. The van der Waals surface area contributed by atoms with Crippen molar-refractivity contribution in [3.8, 4) is 0 Å². The molecule has 2 amide bonds. The van der Waals surface area contributed by atoms with E-state index in [1.54, 1.807) is 12.1 Å². The molecule has 1 aromatic rings. The summed E-state index contributed by atoms with van der Waals surface area (Å²) in [5, 5.41) is 0.823. The van der Waals surface area contributed by atoms with Crippen molar-refractivity contribution >= 4 is 40.7 Å². The number of aryl methyl sites for hydroxylation is 1. The van der Waals surface area contributed by atoms with Gasteiger partial charge in [0.1, 0.15) is 0 Å². The first-order valence-corrected chi connectivity index (χ1v) is 6.21. The van der Waals surface area contributed by atoms with Crippen LogP contribution in [0.1, 0.15) is 12.0 Å². The number of halogens is 2. The SMILES string of the molecule is Cc1cc(Cl)c(Cl)cc1N1CC(C(N)=O)CC1=O. The number of amides is 2. The molecule has 0 saturated carbocycles. The summed E-state index contributed by atoms with van der Waals surface area (Å²) in [6.45, 7) is 2.13. The van der Waals surface area contributed by atoms with E-state index in [1.165, 1.54) is 4.90 Å². The Morgan fingerprint density at radius 1 is 1.39 bits per heavy atom. The largest absolute Gasteiger partial charge is 0.369 e. The first kappa shape index (κ1) is 13.2. The Morgan fingerprint density at radius 2 is 2.00 bits per heavy atom. The van der Waals surface area contributed by atoms with Gasteiger partial charge in [0.15, 0.2) is 0 Å². The Balaban J connectivity index is 2.35. The maximum atomic E-state index is 11.9. The summed E-state index contributed by atoms with van der Waals surface area (Å²) in [4.78, 5) is 24.5. The lowest BCUT2D eigenvalue weighted by molar-refractivity contribution is -0.123. The highest BCUT2D eigenvalue weighted by molar-refractivity contribution is 6.42. The minimum absolute atomic E-state index is 0.125. The van der Waals surface area contributed by atoms with Crippen molar-refractivity contribution in [2.45, 2.75) is 13.3 Å². The molecule has 1 atom stereocenters. The lowest BCUT2D eigenvalue weighted by Crippen LogP contribution is -2.28. The van der Waals surface area contributed by atoms with E-state index in [4.69, 9.17) is 28.9 Å². The molecule has 1 aliphatic rings. The summed E-state index contributed by atoms with van der Waals surface area (Å²) in [7, 11) is 0. The number of anilines is 1. The van der Waals surface area contributed by atoms with Crippen molar-refractivity contribution in [1.29, 1.82) is 0 Å². The first-order valence-electron chi connectivity index (χ1n) is 5.45. The van der Waals surface area contributed by atoms with Crippen LogP contribution in [0.15, 0.2) is 12.1 Å². The number of nitrogens with two attached hydrogens (primary N) is 1. The molecule has 0 spiro atoms. The molecule has 4 nitrogen and oxygen atoms in total. The van der Waals surface area contributed by atoms with Crippen LogP contribution in [-0.2, 0) is 9.59 Å². The van der Waals surface area contributed by atoms with Crippen LogP contribution in [0.3, 0.4) is 0 Å². The average molecular weight is 287 g/mol. The summed E-state index contributed by atoms with van der Waals surface area (Å²) in [6, 6.07) is 3.34. The molecule has 0 aliphatic carbocycles. The third kappa shape index (κ3) is 2.31. The van der Waals surface area contributed by atoms with Crippen molar-refractivity contribution in [2.75, 3.05) is 11.4 Å². The fraction of sp³-hybridized carbons (Fsp3) is 0.333. The predicted molar refractivity (Wildman–Crippen MR) is 70.9 cm³/mol. The molecule has 2 rings (SSSR count). The van der Waals surface area contributed by atoms with E-state index in [0.717, 1.165) is 5.56 Å². The van der Waals surface area contributed by atoms with Crippen LogP contribution in [0.25, 0.3) is 0 Å². The molecular weight excluding hydrogens is 275 g/mol. The van der Waals surface area contributed by atoms with E-state index in [-0.39, 0.29) is 12.3 Å². The number of hydrogen-bond acceptors (Lipinski definition) is 2. The van der Waals surface area contributed by atoms with Crippen molar-refractivity contribution in [2.24, 2.45) is 11.7 Å². The smallest absolute Gasteiger partial charge is 0.227 e. The zero-order valence-corrected chi connectivity index (χ0v) is 11.3. The topological polar surface area (TPSA) is 63.4 Å². The van der Waals surface area contributed by atoms with Crippen molar-refractivity contribution in [3.05, 3.63) is 27.7 Å². The molecule has 1 aromatic carbocycles. The molecular formula is C12H12Cl2N2O2. The molecule has 96 valence electrons. The van der Waals surface area contributed by atoms with Gasteiger partial charge in [0.05, 0.1) is 16.0 Å². The van der Waals surface area contributed by atoms with Crippen LogP contribution in [-0.4, -0.2) is 18.4 Å². The summed E-state index contributed by atoms with van der Waals surface area (Å²) in [5.41, 5.74) is 6.74. The zero-order valence-electron chi connectivity index (χ0n) is 9.74. The minimum Gasteiger partial charge on any atom is -0.369 e. The molecule has 1 aliphatic heterocycles. The second kappa shape index (κ2) is 4.78. The van der Waals surface area contributed by atoms with Gasteiger partial charge in [-0.25, -0.2) is 0 Å².